The average Bonchev–Trinajstić information content (AvgIpc) is 3.34. The summed E-state index contributed by atoms with van der Waals surface area (Å²) in [6, 6.07) is 10.00. The molecular weight excluding hydrogens is 421 g/mol. The van der Waals surface area contributed by atoms with Crippen molar-refractivity contribution in [3.05, 3.63) is 84.0 Å². The van der Waals surface area contributed by atoms with Crippen molar-refractivity contribution in [3.63, 3.8) is 0 Å². The molecule has 1 fully saturated rings. The Bertz CT molecular complexity index is 1310. The number of carbonyl (C=O) groups is 1. The summed E-state index contributed by atoms with van der Waals surface area (Å²) in [7, 11) is 0. The van der Waals surface area contributed by atoms with Gasteiger partial charge in [-0.2, -0.15) is 0 Å². The zero-order chi connectivity index (χ0) is 22.9. The van der Waals surface area contributed by atoms with Crippen molar-refractivity contribution >= 4 is 11.6 Å². The molecule has 5 rings (SSSR count). The molecule has 4 aromatic rings. The fourth-order valence-electron chi connectivity index (χ4n) is 3.72. The lowest BCUT2D eigenvalue weighted by molar-refractivity contribution is 0.102. The van der Waals surface area contributed by atoms with Crippen molar-refractivity contribution in [2.45, 2.75) is 45.1 Å². The molecule has 1 aliphatic rings. The molecule has 3 heterocycles. The quantitative estimate of drug-likeness (QED) is 0.458. The van der Waals surface area contributed by atoms with Crippen LogP contribution < -0.4 is 5.32 Å². The van der Waals surface area contributed by atoms with E-state index < -0.39 is 11.7 Å². The van der Waals surface area contributed by atoms with E-state index in [9.17, 15) is 9.18 Å². The lowest BCUT2D eigenvalue weighted by Gasteiger charge is -2.11. The van der Waals surface area contributed by atoms with Gasteiger partial charge < -0.3 is 14.5 Å². The molecule has 8 nitrogen and oxygen atoms in total. The molecule has 1 amide bonds. The number of amides is 1. The van der Waals surface area contributed by atoms with Crippen molar-refractivity contribution in [2.24, 2.45) is 0 Å². The second-order valence-corrected chi connectivity index (χ2v) is 8.54. The number of benzene rings is 1. The Kier molecular flexibility index (Phi) is 5.45. The molecule has 0 aliphatic heterocycles. The highest BCUT2D eigenvalue weighted by molar-refractivity contribution is 6.03. The van der Waals surface area contributed by atoms with Crippen LogP contribution in [0.4, 0.5) is 10.1 Å². The van der Waals surface area contributed by atoms with Crippen LogP contribution in [0.15, 0.2) is 55.2 Å². The van der Waals surface area contributed by atoms with Gasteiger partial charge in [0, 0.05) is 29.5 Å². The number of carbonyl (C=O) groups excluding carboxylic acids is 1. The van der Waals surface area contributed by atoms with E-state index in [1.807, 2.05) is 35.2 Å². The minimum Gasteiger partial charge on any atom is -0.318 e. The Hall–Kier alpha value is -3.88. The largest absolute Gasteiger partial charge is 0.318 e. The van der Waals surface area contributed by atoms with Crippen LogP contribution in [0.3, 0.4) is 0 Å². The van der Waals surface area contributed by atoms with E-state index in [1.54, 1.807) is 36.9 Å². The summed E-state index contributed by atoms with van der Waals surface area (Å²) >= 11 is 0. The van der Waals surface area contributed by atoms with Crippen LogP contribution in [0.5, 0.6) is 0 Å². The van der Waals surface area contributed by atoms with E-state index >= 15 is 0 Å². The van der Waals surface area contributed by atoms with Crippen LogP contribution in [0.2, 0.25) is 0 Å². The van der Waals surface area contributed by atoms with Crippen molar-refractivity contribution in [1.29, 1.82) is 0 Å². The topological polar surface area (TPSA) is 90.5 Å². The summed E-state index contributed by atoms with van der Waals surface area (Å²) in [6.07, 6.45) is 8.10. The molecule has 3 aromatic heterocycles. The molecule has 168 valence electrons. The maximum Gasteiger partial charge on any atom is 0.274 e. The molecule has 33 heavy (non-hydrogen) atoms. The number of aromatic nitrogens is 6. The van der Waals surface area contributed by atoms with Crippen molar-refractivity contribution < 1.29 is 9.18 Å². The maximum atomic E-state index is 14.5. The first kappa shape index (κ1) is 21.0. The molecule has 0 atom stereocenters. The van der Waals surface area contributed by atoms with Crippen LogP contribution in [0.25, 0.3) is 5.69 Å². The predicted molar refractivity (Wildman–Crippen MR) is 121 cm³/mol. The third-order valence-electron chi connectivity index (χ3n) is 5.68. The number of hydrogen-bond donors (Lipinski definition) is 1. The first-order chi connectivity index (χ1) is 16.0. The van der Waals surface area contributed by atoms with E-state index in [-0.39, 0.29) is 17.4 Å². The predicted octanol–water partition coefficient (Wildman–Crippen LogP) is 4.30. The fourth-order valence-corrected chi connectivity index (χ4v) is 3.72. The van der Waals surface area contributed by atoms with Crippen molar-refractivity contribution in [3.8, 4) is 5.69 Å². The summed E-state index contributed by atoms with van der Waals surface area (Å²) in [6.45, 7) is 4.09. The zero-order valence-corrected chi connectivity index (χ0v) is 18.4. The Morgan fingerprint density at radius 1 is 1.21 bits per heavy atom. The van der Waals surface area contributed by atoms with E-state index in [2.05, 4.69) is 25.5 Å². The second kappa shape index (κ2) is 8.57. The minimum atomic E-state index is -0.518. The van der Waals surface area contributed by atoms with Gasteiger partial charge in [0.25, 0.3) is 5.91 Å². The Morgan fingerprint density at radius 2 is 2.06 bits per heavy atom. The first-order valence-corrected chi connectivity index (χ1v) is 11.0. The van der Waals surface area contributed by atoms with Crippen molar-refractivity contribution in [1.82, 2.24) is 29.3 Å². The monoisotopic (exact) mass is 445 g/mol. The number of rotatable bonds is 7. The van der Waals surface area contributed by atoms with Gasteiger partial charge in [-0.1, -0.05) is 6.07 Å². The molecule has 0 radical (unpaired) electrons. The molecule has 1 N–H and O–H groups in total. The second-order valence-electron chi connectivity index (χ2n) is 8.54. The fraction of sp³-hybridized carbons (Fsp3) is 0.292. The van der Waals surface area contributed by atoms with Gasteiger partial charge in [-0.3, -0.25) is 4.79 Å². The van der Waals surface area contributed by atoms with Gasteiger partial charge in [-0.05, 0) is 57.0 Å². The normalized spacial score (nSPS) is 13.5. The van der Waals surface area contributed by atoms with Gasteiger partial charge in [0.1, 0.15) is 23.7 Å². The number of nitrogens with zero attached hydrogens (tertiary/aromatic N) is 6. The zero-order valence-electron chi connectivity index (χ0n) is 18.4. The highest BCUT2D eigenvalue weighted by Crippen LogP contribution is 2.39. The molecule has 1 saturated carbocycles. The number of hydrogen-bond acceptors (Lipinski definition) is 5. The number of imidazole rings is 1. The Morgan fingerprint density at radius 3 is 2.85 bits per heavy atom. The van der Waals surface area contributed by atoms with Crippen LogP contribution in [-0.4, -0.2) is 35.2 Å². The van der Waals surface area contributed by atoms with E-state index in [0.717, 1.165) is 30.0 Å². The third kappa shape index (κ3) is 4.52. The summed E-state index contributed by atoms with van der Waals surface area (Å²) in [5, 5.41) is 10.8. The van der Waals surface area contributed by atoms with Gasteiger partial charge in [0.2, 0.25) is 0 Å². The van der Waals surface area contributed by atoms with Crippen LogP contribution in [-0.2, 0) is 6.42 Å². The SMILES string of the molecule is CC(C)n1cnnc1Cc1cccc(C(=O)Nc2cc(-n3cnc(C4CC4)c3)ccc2F)n1. The molecule has 1 aliphatic carbocycles. The van der Waals surface area contributed by atoms with Crippen LogP contribution in [0.1, 0.15) is 66.3 Å². The summed E-state index contributed by atoms with van der Waals surface area (Å²) < 4.78 is 18.3. The highest BCUT2D eigenvalue weighted by atomic mass is 19.1. The van der Waals surface area contributed by atoms with E-state index in [4.69, 9.17) is 0 Å². The lowest BCUT2D eigenvalue weighted by atomic mass is 10.2. The summed E-state index contributed by atoms with van der Waals surface area (Å²) in [5.41, 5.74) is 2.73. The summed E-state index contributed by atoms with van der Waals surface area (Å²) in [4.78, 5) is 21.7. The standard InChI is InChI=1S/C24H24FN7O/c1-15(2)32-14-27-30-23(32)10-17-4-3-5-20(28-17)24(33)29-21-11-18(8-9-19(21)25)31-12-22(26-13-31)16-6-7-16/h3-5,8-9,11-16H,6-7,10H2,1-2H3,(H,29,33). The molecule has 0 bridgehead atoms. The number of halogens is 1. The number of pyridine rings is 1. The number of nitrogens with one attached hydrogen (secondary N) is 1. The third-order valence-corrected chi connectivity index (χ3v) is 5.68. The van der Waals surface area contributed by atoms with Gasteiger partial charge in [-0.25, -0.2) is 14.4 Å². The van der Waals surface area contributed by atoms with Crippen molar-refractivity contribution in [2.75, 3.05) is 5.32 Å². The molecule has 0 spiro atoms. The van der Waals surface area contributed by atoms with Crippen LogP contribution in [0, 0.1) is 5.82 Å². The van der Waals surface area contributed by atoms with Gasteiger partial charge in [-0.15, -0.1) is 10.2 Å². The molecule has 0 saturated heterocycles. The average molecular weight is 446 g/mol. The summed E-state index contributed by atoms with van der Waals surface area (Å²) in [5.74, 6) is 0.289. The maximum absolute atomic E-state index is 14.5. The molecular formula is C24H24FN7O. The molecule has 1 aromatic carbocycles. The Balaban J connectivity index is 1.34. The Labute approximate surface area is 190 Å². The molecule has 9 heteroatoms. The van der Waals surface area contributed by atoms with Crippen LogP contribution >= 0.6 is 0 Å². The smallest absolute Gasteiger partial charge is 0.274 e. The first-order valence-electron chi connectivity index (χ1n) is 11.0. The lowest BCUT2D eigenvalue weighted by Crippen LogP contribution is -2.16. The van der Waals surface area contributed by atoms with E-state index in [0.29, 0.717) is 18.0 Å². The van der Waals surface area contributed by atoms with E-state index in [1.165, 1.54) is 6.07 Å². The van der Waals surface area contributed by atoms with Gasteiger partial charge in [0.05, 0.1) is 24.1 Å². The highest BCUT2D eigenvalue weighted by Gasteiger charge is 2.26. The van der Waals surface area contributed by atoms with Gasteiger partial charge >= 0.3 is 0 Å². The van der Waals surface area contributed by atoms with Gasteiger partial charge in [0.15, 0.2) is 0 Å². The minimum absolute atomic E-state index is 0.0888. The number of anilines is 1. The molecule has 0 unspecified atom stereocenters.